The van der Waals surface area contributed by atoms with Crippen molar-refractivity contribution >= 4 is 6.03 Å². The Morgan fingerprint density at radius 3 is 3.08 bits per heavy atom. The quantitative estimate of drug-likeness (QED) is 0.658. The number of aryl methyl sites for hydroxylation is 1. The van der Waals surface area contributed by atoms with Gasteiger partial charge in [0.1, 0.15) is 6.33 Å². The van der Waals surface area contributed by atoms with Gasteiger partial charge in [0.25, 0.3) is 0 Å². The van der Waals surface area contributed by atoms with E-state index in [-0.39, 0.29) is 6.03 Å². The minimum Gasteiger partial charge on any atom is -0.336 e. The second-order valence-corrected chi connectivity index (χ2v) is 2.99. The lowest BCUT2D eigenvalue weighted by atomic mass is 10.5. The Morgan fingerprint density at radius 2 is 2.54 bits per heavy atom. The minimum absolute atomic E-state index is 0.0348. The van der Waals surface area contributed by atoms with Gasteiger partial charge in [-0.2, -0.15) is 5.10 Å². The van der Waals surface area contributed by atoms with Crippen LogP contribution in [0.5, 0.6) is 0 Å². The zero-order valence-electron chi connectivity index (χ0n) is 7.40. The topological polar surface area (TPSA) is 63.1 Å². The smallest absolute Gasteiger partial charge is 0.317 e. The van der Waals surface area contributed by atoms with Crippen LogP contribution in [0.3, 0.4) is 0 Å². The fourth-order valence-electron chi connectivity index (χ4n) is 1.29. The van der Waals surface area contributed by atoms with Crippen LogP contribution in [0.1, 0.15) is 5.82 Å². The Kier molecular flexibility index (Phi) is 1.88. The molecule has 1 fully saturated rings. The summed E-state index contributed by atoms with van der Waals surface area (Å²) in [6.07, 6.45) is 1.63. The summed E-state index contributed by atoms with van der Waals surface area (Å²) in [4.78, 5) is 16.9. The molecule has 1 aliphatic heterocycles. The monoisotopic (exact) mass is 181 g/mol. The van der Waals surface area contributed by atoms with Crippen LogP contribution < -0.4 is 5.32 Å². The second-order valence-electron chi connectivity index (χ2n) is 2.99. The van der Waals surface area contributed by atoms with Crippen molar-refractivity contribution in [1.29, 1.82) is 0 Å². The third kappa shape index (κ3) is 1.61. The van der Waals surface area contributed by atoms with E-state index in [0.717, 1.165) is 6.54 Å². The van der Waals surface area contributed by atoms with Crippen LogP contribution in [0.25, 0.3) is 0 Å². The van der Waals surface area contributed by atoms with Crippen molar-refractivity contribution < 1.29 is 4.79 Å². The maximum absolute atomic E-state index is 11.1. The van der Waals surface area contributed by atoms with Gasteiger partial charge >= 0.3 is 6.03 Å². The van der Waals surface area contributed by atoms with Crippen LogP contribution in [0.15, 0.2) is 6.33 Å². The van der Waals surface area contributed by atoms with E-state index in [1.807, 2.05) is 0 Å². The highest BCUT2D eigenvalue weighted by molar-refractivity contribution is 5.75. The van der Waals surface area contributed by atoms with Crippen molar-refractivity contribution in [3.63, 3.8) is 0 Å². The summed E-state index contributed by atoms with van der Waals surface area (Å²) in [7, 11) is 1.81. The molecule has 2 amide bonds. The summed E-state index contributed by atoms with van der Waals surface area (Å²) in [5.41, 5.74) is 0. The molecule has 0 bridgehead atoms. The molecule has 0 aromatic carbocycles. The number of hydrogen-bond donors (Lipinski definition) is 1. The Bertz CT molecular complexity index is 320. The third-order valence-corrected chi connectivity index (χ3v) is 1.92. The van der Waals surface area contributed by atoms with E-state index in [1.54, 1.807) is 23.0 Å². The lowest BCUT2D eigenvalue weighted by Gasteiger charge is -2.10. The molecule has 1 aliphatic rings. The second kappa shape index (κ2) is 3.04. The predicted octanol–water partition coefficient (Wildman–Crippen LogP) is -0.660. The van der Waals surface area contributed by atoms with E-state index in [1.165, 1.54) is 0 Å². The number of aromatic nitrogens is 3. The molecule has 0 unspecified atom stereocenters. The number of nitrogens with zero attached hydrogens (tertiary/aromatic N) is 4. The fraction of sp³-hybridized carbons (Fsp3) is 0.571. The number of carbonyl (C=O) groups is 1. The molecule has 70 valence electrons. The Balaban J connectivity index is 2.01. The van der Waals surface area contributed by atoms with E-state index in [9.17, 15) is 4.79 Å². The molecule has 2 heterocycles. The zero-order chi connectivity index (χ0) is 9.26. The number of nitrogens with one attached hydrogen (secondary N) is 1. The summed E-state index contributed by atoms with van der Waals surface area (Å²) in [6.45, 7) is 1.94. The van der Waals surface area contributed by atoms with Gasteiger partial charge in [0, 0.05) is 20.1 Å². The summed E-state index contributed by atoms with van der Waals surface area (Å²) >= 11 is 0. The van der Waals surface area contributed by atoms with Crippen LogP contribution in [0.2, 0.25) is 0 Å². The average Bonchev–Trinajstić information content (AvgIpc) is 2.64. The van der Waals surface area contributed by atoms with Gasteiger partial charge in [-0.1, -0.05) is 0 Å². The van der Waals surface area contributed by atoms with E-state index >= 15 is 0 Å². The van der Waals surface area contributed by atoms with Gasteiger partial charge in [-0.15, -0.1) is 0 Å². The zero-order valence-corrected chi connectivity index (χ0v) is 7.40. The largest absolute Gasteiger partial charge is 0.336 e. The summed E-state index contributed by atoms with van der Waals surface area (Å²) in [5, 5.41) is 6.81. The summed E-state index contributed by atoms with van der Waals surface area (Å²) < 4.78 is 1.63. The highest BCUT2D eigenvalue weighted by atomic mass is 16.2. The molecule has 0 radical (unpaired) electrons. The minimum atomic E-state index is -0.0348. The Hall–Kier alpha value is -1.59. The van der Waals surface area contributed by atoms with Crippen LogP contribution in [0, 0.1) is 0 Å². The van der Waals surface area contributed by atoms with E-state index < -0.39 is 0 Å². The van der Waals surface area contributed by atoms with Gasteiger partial charge in [0.05, 0.1) is 6.54 Å². The average molecular weight is 181 g/mol. The molecule has 2 rings (SSSR count). The van der Waals surface area contributed by atoms with Crippen molar-refractivity contribution in [1.82, 2.24) is 25.0 Å². The van der Waals surface area contributed by atoms with Crippen LogP contribution >= 0.6 is 0 Å². The highest BCUT2D eigenvalue weighted by Crippen LogP contribution is 2.01. The number of amides is 2. The summed E-state index contributed by atoms with van der Waals surface area (Å²) in [5.74, 6) is 0.680. The molecule has 0 atom stereocenters. The van der Waals surface area contributed by atoms with E-state index in [0.29, 0.717) is 18.9 Å². The molecule has 0 aliphatic carbocycles. The van der Waals surface area contributed by atoms with Crippen molar-refractivity contribution in [2.45, 2.75) is 6.54 Å². The number of rotatable bonds is 2. The van der Waals surface area contributed by atoms with Crippen molar-refractivity contribution in [2.75, 3.05) is 13.1 Å². The van der Waals surface area contributed by atoms with Gasteiger partial charge in [0.15, 0.2) is 5.82 Å². The van der Waals surface area contributed by atoms with E-state index in [2.05, 4.69) is 15.4 Å². The molecule has 0 spiro atoms. The first kappa shape index (κ1) is 8.03. The SMILES string of the molecule is Cn1cnc(CN2CCNC2=O)n1. The van der Waals surface area contributed by atoms with Crippen molar-refractivity contribution in [3.8, 4) is 0 Å². The highest BCUT2D eigenvalue weighted by Gasteiger charge is 2.20. The first-order chi connectivity index (χ1) is 6.25. The number of carbonyl (C=O) groups excluding carboxylic acids is 1. The molecule has 1 aromatic heterocycles. The van der Waals surface area contributed by atoms with Crippen molar-refractivity contribution in [2.24, 2.45) is 7.05 Å². The number of urea groups is 1. The normalized spacial score (nSPS) is 16.4. The molecule has 1 saturated heterocycles. The molecule has 0 saturated carbocycles. The van der Waals surface area contributed by atoms with Crippen molar-refractivity contribution in [3.05, 3.63) is 12.2 Å². The van der Waals surface area contributed by atoms with Crippen LogP contribution in [0.4, 0.5) is 4.79 Å². The molecular formula is C7H11N5O. The lowest BCUT2D eigenvalue weighted by molar-refractivity contribution is 0.214. The molecule has 6 nitrogen and oxygen atoms in total. The van der Waals surface area contributed by atoms with Gasteiger partial charge in [-0.3, -0.25) is 4.68 Å². The molecular weight excluding hydrogens is 170 g/mol. The first-order valence-electron chi connectivity index (χ1n) is 4.13. The molecule has 1 aromatic rings. The first-order valence-corrected chi connectivity index (χ1v) is 4.13. The van der Waals surface area contributed by atoms with Gasteiger partial charge in [0.2, 0.25) is 0 Å². The van der Waals surface area contributed by atoms with E-state index in [4.69, 9.17) is 0 Å². The standard InChI is InChI=1S/C7H11N5O/c1-11-5-9-6(10-11)4-12-3-2-8-7(12)13/h5H,2-4H2,1H3,(H,8,13). The number of hydrogen-bond acceptors (Lipinski definition) is 3. The lowest BCUT2D eigenvalue weighted by Crippen LogP contribution is -2.28. The molecule has 1 N–H and O–H groups in total. The molecule has 6 heteroatoms. The van der Waals surface area contributed by atoms with Gasteiger partial charge < -0.3 is 10.2 Å². The predicted molar refractivity (Wildman–Crippen MR) is 44.8 cm³/mol. The Morgan fingerprint density at radius 1 is 1.69 bits per heavy atom. The maximum Gasteiger partial charge on any atom is 0.317 e. The third-order valence-electron chi connectivity index (χ3n) is 1.92. The summed E-state index contributed by atoms with van der Waals surface area (Å²) in [6, 6.07) is -0.0348. The fourth-order valence-corrected chi connectivity index (χ4v) is 1.29. The maximum atomic E-state index is 11.1. The van der Waals surface area contributed by atoms with Crippen LogP contribution in [-0.4, -0.2) is 38.8 Å². The Labute approximate surface area is 75.5 Å². The van der Waals surface area contributed by atoms with Gasteiger partial charge in [-0.25, -0.2) is 9.78 Å². The van der Waals surface area contributed by atoms with Gasteiger partial charge in [-0.05, 0) is 0 Å². The van der Waals surface area contributed by atoms with Crippen LogP contribution in [-0.2, 0) is 13.6 Å². The molecule has 13 heavy (non-hydrogen) atoms.